The lowest BCUT2D eigenvalue weighted by molar-refractivity contribution is -0.368. The number of rotatable bonds is 6. The van der Waals surface area contributed by atoms with Crippen LogP contribution < -0.4 is 18.9 Å². The fourth-order valence-electron chi connectivity index (χ4n) is 6.56. The molecule has 2 aromatic carbocycles. The number of hydrogen-bond acceptors (Lipinski definition) is 14. The van der Waals surface area contributed by atoms with Crippen LogP contribution in [0.4, 0.5) is 0 Å². The van der Waals surface area contributed by atoms with Gasteiger partial charge in [0, 0.05) is 11.8 Å². The molecule has 0 bridgehead atoms. The quantitative estimate of drug-likeness (QED) is 0.330. The second-order valence-electron chi connectivity index (χ2n) is 11.1. The lowest BCUT2D eigenvalue weighted by Crippen LogP contribution is -2.62. The molecule has 0 saturated carbocycles. The van der Waals surface area contributed by atoms with Crippen molar-refractivity contribution in [2.45, 2.75) is 49.0 Å². The molecule has 1 aromatic heterocycles. The minimum atomic E-state index is -3.16. The molecule has 46 heavy (non-hydrogen) atoms. The van der Waals surface area contributed by atoms with Crippen LogP contribution >= 0.6 is 11.3 Å². The molecular weight excluding hydrogens is 624 g/mol. The van der Waals surface area contributed by atoms with Gasteiger partial charge < -0.3 is 58.0 Å². The number of aromatic hydroxyl groups is 1. The Labute approximate surface area is 281 Å². The number of hydrogen-bond donors (Lipinski definition) is 3. The Balaban J connectivity index is 1.23. The van der Waals surface area contributed by atoms with Crippen LogP contribution in [0, 0.1) is 11.8 Å². The molecule has 3 saturated heterocycles. The molecule has 5 heterocycles. The number of phenolic OH excluding ortho intramolecular Hbond substituents is 1. The van der Waals surface area contributed by atoms with E-state index in [2.05, 4.69) is 0 Å². The maximum atomic E-state index is 13.8. The van der Waals surface area contributed by atoms with Gasteiger partial charge in [0.2, 0.25) is 12.5 Å². The van der Waals surface area contributed by atoms with Gasteiger partial charge >= 0.3 is 5.97 Å². The number of thiophene rings is 1. The summed E-state index contributed by atoms with van der Waals surface area (Å²) in [5, 5.41) is 35.3. The fourth-order valence-corrected chi connectivity index (χ4v) is 7.24. The molecule has 8 rings (SSSR count). The summed E-state index contributed by atoms with van der Waals surface area (Å²) in [5.41, 5.74) is 0.168. The van der Waals surface area contributed by atoms with Crippen molar-refractivity contribution in [2.75, 3.05) is 34.0 Å². The van der Waals surface area contributed by atoms with E-state index in [1.54, 1.807) is 17.5 Å². The van der Waals surface area contributed by atoms with Crippen LogP contribution in [0.2, 0.25) is 0 Å². The highest BCUT2D eigenvalue weighted by atomic mass is 32.1. The third kappa shape index (κ3) is 4.70. The first kappa shape index (κ1) is 20.6. The van der Waals surface area contributed by atoms with Crippen LogP contribution in [0.3, 0.4) is 0 Å². The van der Waals surface area contributed by atoms with E-state index in [-0.39, 0.29) is 35.0 Å². The van der Waals surface area contributed by atoms with Crippen LogP contribution in [0.15, 0.2) is 41.8 Å². The Morgan fingerprint density at radius 2 is 1.74 bits per heavy atom. The van der Waals surface area contributed by atoms with Crippen molar-refractivity contribution in [2.24, 2.45) is 11.8 Å². The van der Waals surface area contributed by atoms with E-state index < -0.39 is 111 Å². The number of carbonyl (C=O) groups is 1. The van der Waals surface area contributed by atoms with E-state index in [4.69, 9.17) is 56.3 Å². The summed E-state index contributed by atoms with van der Waals surface area (Å²) in [6.45, 7) is -5.68. The van der Waals surface area contributed by atoms with Crippen LogP contribution in [0.5, 0.6) is 28.7 Å². The molecule has 0 spiro atoms. The summed E-state index contributed by atoms with van der Waals surface area (Å²) >= 11 is 1.21. The van der Waals surface area contributed by atoms with Gasteiger partial charge in [-0.2, -0.15) is 0 Å². The first-order chi connectivity index (χ1) is 26.1. The molecule has 0 unspecified atom stereocenters. The van der Waals surface area contributed by atoms with Crippen LogP contribution in [0.25, 0.3) is 0 Å². The van der Waals surface area contributed by atoms with Crippen molar-refractivity contribution in [3.8, 4) is 28.7 Å². The second-order valence-corrected chi connectivity index (χ2v) is 12.1. The predicted molar refractivity (Wildman–Crippen MR) is 156 cm³/mol. The molecule has 0 amide bonds. The molecule has 5 aliphatic rings. The summed E-state index contributed by atoms with van der Waals surface area (Å²) in [6.07, 6.45) is -11.6. The molecule has 1 aliphatic carbocycles. The molecule has 14 heteroatoms. The third-order valence-electron chi connectivity index (χ3n) is 8.67. The Hall–Kier alpha value is -3.63. The molecule has 13 nitrogen and oxygen atoms in total. The Morgan fingerprint density at radius 3 is 2.46 bits per heavy atom. The number of phenols is 1. The van der Waals surface area contributed by atoms with Gasteiger partial charge in [0.05, 0.1) is 57.8 Å². The SMILES string of the molecule is [2H]C([2H])([2H])Oc1cc([C@@H]2c3cc4c(cc3[C@@H](O[C@@H]3O[C@H]5[C@@H](O[C@H](c6cccs6)OC5([2H])[2H])[C@H](O)[C@H]3O)[C@@H]3[C@@H]2C(=O)OC3([2H])[2H])OCO4)cc(OC([2H])([2H])[2H])c1O. The molecule has 4 aliphatic heterocycles. The molecular formula is C32H32O13S. The molecule has 3 fully saturated rings. The van der Waals surface area contributed by atoms with Gasteiger partial charge in [-0.15, -0.1) is 11.3 Å². The topological polar surface area (TPSA) is 161 Å². The summed E-state index contributed by atoms with van der Waals surface area (Å²) < 4.78 is 131. The van der Waals surface area contributed by atoms with Crippen molar-refractivity contribution in [1.29, 1.82) is 0 Å². The maximum absolute atomic E-state index is 13.8. The number of ether oxygens (including phenoxy) is 9. The van der Waals surface area contributed by atoms with Crippen molar-refractivity contribution in [3.63, 3.8) is 0 Å². The highest BCUT2D eigenvalue weighted by molar-refractivity contribution is 7.10. The van der Waals surface area contributed by atoms with E-state index >= 15 is 0 Å². The average molecular weight is 667 g/mol. The Morgan fingerprint density at radius 1 is 0.978 bits per heavy atom. The summed E-state index contributed by atoms with van der Waals surface area (Å²) in [6, 6.07) is 8.25. The van der Waals surface area contributed by atoms with Crippen LogP contribution in [-0.4, -0.2) is 86.0 Å². The first-order valence-electron chi connectivity index (χ1n) is 19.1. The third-order valence-corrected chi connectivity index (χ3v) is 9.57. The number of carbonyl (C=O) groups excluding carboxylic acids is 1. The van der Waals surface area contributed by atoms with Crippen molar-refractivity contribution >= 4 is 17.3 Å². The number of aliphatic hydroxyl groups excluding tert-OH is 2. The van der Waals surface area contributed by atoms with Crippen LogP contribution in [0.1, 0.15) is 53.6 Å². The normalized spacial score (nSPS) is 40.3. The fraction of sp³-hybridized carbons (Fsp3) is 0.469. The maximum Gasteiger partial charge on any atom is 0.310 e. The lowest BCUT2D eigenvalue weighted by Gasteiger charge is -2.48. The van der Waals surface area contributed by atoms with Gasteiger partial charge in [-0.3, -0.25) is 4.79 Å². The van der Waals surface area contributed by atoms with Crippen molar-refractivity contribution in [3.05, 3.63) is 63.3 Å². The predicted octanol–water partition coefficient (Wildman–Crippen LogP) is 2.75. The molecule has 0 radical (unpaired) electrons. The zero-order chi connectivity index (χ0) is 40.3. The zero-order valence-corrected chi connectivity index (χ0v) is 24.2. The standard InChI is InChI=1S/C32H32O13S/c1-37-19-6-13(7-20(38-2)25(19)33)23-14-8-17-18(42-12-41-17)9-15(14)28(16-10-39-30(36)24(16)23)44-32-27(35)26(34)29-21(43-32)11-40-31(45-29)22-4-3-5-46-22/h3-9,16,21,23-24,26-29,31-35H,10-12H2,1-2H3/t16-,21+,23+,24-,26+,27+,28+,29+,31+,32-/m0/s1/i1D3,2D3,10D2,11D2. The molecule has 10 atom stereocenters. The summed E-state index contributed by atoms with van der Waals surface area (Å²) in [5.74, 6) is -7.80. The monoisotopic (exact) mass is 666 g/mol. The summed E-state index contributed by atoms with van der Waals surface area (Å²) in [4.78, 5) is 14.3. The Bertz CT molecular complexity index is 1970. The van der Waals surface area contributed by atoms with Gasteiger partial charge in [0.1, 0.15) is 24.4 Å². The Kier molecular flexibility index (Phi) is 5.17. The molecule has 244 valence electrons. The lowest BCUT2D eigenvalue weighted by atomic mass is 9.66. The number of fused-ring (bicyclic) bond motifs is 4. The number of methoxy groups -OCH3 is 2. The second kappa shape index (κ2) is 11.6. The smallest absolute Gasteiger partial charge is 0.310 e. The highest BCUT2D eigenvalue weighted by Gasteiger charge is 2.56. The minimum absolute atomic E-state index is 0.0817. The van der Waals surface area contributed by atoms with Crippen molar-refractivity contribution < 1.29 is 76.5 Å². The largest absolute Gasteiger partial charge is 0.502 e. The van der Waals surface area contributed by atoms with Crippen molar-refractivity contribution in [1.82, 2.24) is 0 Å². The number of aliphatic hydroxyl groups is 2. The number of esters is 1. The van der Waals surface area contributed by atoms with Gasteiger partial charge in [-0.1, -0.05) is 6.07 Å². The highest BCUT2D eigenvalue weighted by Crippen LogP contribution is 2.57. The number of benzene rings is 2. The summed E-state index contributed by atoms with van der Waals surface area (Å²) in [7, 11) is -6.32. The van der Waals surface area contributed by atoms with E-state index in [0.29, 0.717) is 4.88 Å². The van der Waals surface area contributed by atoms with Gasteiger partial charge in [-0.25, -0.2) is 0 Å². The van der Waals surface area contributed by atoms with Gasteiger partial charge in [0.15, 0.2) is 35.6 Å². The van der Waals surface area contributed by atoms with E-state index in [1.165, 1.54) is 23.5 Å². The molecule has 3 aromatic rings. The van der Waals surface area contributed by atoms with Crippen LogP contribution in [-0.2, 0) is 28.5 Å². The number of cyclic esters (lactones) is 1. The molecule has 3 N–H and O–H groups in total. The van der Waals surface area contributed by atoms with E-state index in [1.807, 2.05) is 0 Å². The van der Waals surface area contributed by atoms with E-state index in [0.717, 1.165) is 12.1 Å². The van der Waals surface area contributed by atoms with E-state index in [9.17, 15) is 20.1 Å². The minimum Gasteiger partial charge on any atom is -0.502 e. The first-order valence-corrected chi connectivity index (χ1v) is 14.9. The zero-order valence-electron chi connectivity index (χ0n) is 33.4. The average Bonchev–Trinajstić information content (AvgIpc) is 3.83. The van der Waals surface area contributed by atoms with Gasteiger partial charge in [0.25, 0.3) is 0 Å². The van der Waals surface area contributed by atoms with Gasteiger partial charge in [-0.05, 0) is 52.4 Å².